The van der Waals surface area contributed by atoms with Gasteiger partial charge in [0.15, 0.2) is 0 Å². The van der Waals surface area contributed by atoms with Crippen LogP contribution in [0, 0.1) is 23.7 Å². The van der Waals surface area contributed by atoms with Crippen molar-refractivity contribution in [2.75, 3.05) is 7.11 Å². The molecule has 5 heteroatoms. The van der Waals surface area contributed by atoms with Crippen LogP contribution in [-0.2, 0) is 9.53 Å². The van der Waals surface area contributed by atoms with Crippen LogP contribution >= 0.6 is 11.6 Å². The number of carbonyl (C=O) groups is 2. The number of nitrogens with one attached hydrogen (secondary N) is 1. The molecule has 2 fully saturated rings. The third-order valence-electron chi connectivity index (χ3n) is 6.96. The molecule has 0 aliphatic heterocycles. The van der Waals surface area contributed by atoms with Gasteiger partial charge in [0.2, 0.25) is 0 Å². The Morgan fingerprint density at radius 3 is 2.27 bits per heavy atom. The minimum atomic E-state index is -0.201. The molecule has 0 spiro atoms. The molecule has 0 unspecified atom stereocenters. The van der Waals surface area contributed by atoms with Gasteiger partial charge in [-0.15, -0.1) is 0 Å². The van der Waals surface area contributed by atoms with Gasteiger partial charge in [0.25, 0.3) is 5.91 Å². The maximum absolute atomic E-state index is 12.6. The molecule has 1 N–H and O–H groups in total. The zero-order valence-electron chi connectivity index (χ0n) is 17.4. The summed E-state index contributed by atoms with van der Waals surface area (Å²) in [4.78, 5) is 25.2. The number of amides is 1. The molecule has 1 amide bonds. The van der Waals surface area contributed by atoms with Crippen LogP contribution in [0.25, 0.3) is 0 Å². The van der Waals surface area contributed by atoms with Gasteiger partial charge in [0.1, 0.15) is 0 Å². The second-order valence-electron chi connectivity index (χ2n) is 8.54. The molecule has 2 aromatic rings. The standard InChI is InChI=1S/C25H28ClNO3/c1-3-21(27-24(28)16-9-11-18(26)12-10-16)23-19-13-17(14-20(19)23)22(25(29)30-2)15-7-5-4-6-8-15/h4-12,17,19-23H,3,13-14H2,1-2H3,(H,27,28)/t17-,19-,20+,21-,22+,23+/m1/s1. The van der Waals surface area contributed by atoms with E-state index < -0.39 is 0 Å². The zero-order chi connectivity index (χ0) is 21.3. The highest BCUT2D eigenvalue weighted by Crippen LogP contribution is 2.63. The molecule has 2 aromatic carbocycles. The average molecular weight is 426 g/mol. The highest BCUT2D eigenvalue weighted by molar-refractivity contribution is 6.30. The van der Waals surface area contributed by atoms with Gasteiger partial charge in [-0.25, -0.2) is 0 Å². The van der Waals surface area contributed by atoms with Crippen molar-refractivity contribution >= 4 is 23.5 Å². The predicted octanol–water partition coefficient (Wildman–Crippen LogP) is 5.08. The van der Waals surface area contributed by atoms with Gasteiger partial charge in [-0.3, -0.25) is 9.59 Å². The first-order valence-corrected chi connectivity index (χ1v) is 11.1. The first-order chi connectivity index (χ1) is 14.5. The Hall–Kier alpha value is -2.33. The molecule has 0 saturated heterocycles. The largest absolute Gasteiger partial charge is 0.469 e. The minimum Gasteiger partial charge on any atom is -0.469 e. The molecule has 2 aliphatic rings. The Morgan fingerprint density at radius 1 is 1.07 bits per heavy atom. The van der Waals surface area contributed by atoms with Crippen LogP contribution in [0.1, 0.15) is 48.0 Å². The quantitative estimate of drug-likeness (QED) is 0.629. The Kier molecular flexibility index (Phi) is 6.14. The van der Waals surface area contributed by atoms with Crippen LogP contribution in [-0.4, -0.2) is 25.0 Å². The number of ether oxygens (including phenoxy) is 1. The van der Waals surface area contributed by atoms with Crippen molar-refractivity contribution in [1.29, 1.82) is 0 Å². The summed E-state index contributed by atoms with van der Waals surface area (Å²) in [5.41, 5.74) is 1.67. The van der Waals surface area contributed by atoms with E-state index >= 15 is 0 Å². The summed E-state index contributed by atoms with van der Waals surface area (Å²) in [6.07, 6.45) is 2.93. The number of carbonyl (C=O) groups excluding carboxylic acids is 2. The molecule has 0 aromatic heterocycles. The first-order valence-electron chi connectivity index (χ1n) is 10.7. The van der Waals surface area contributed by atoms with Crippen LogP contribution in [0.5, 0.6) is 0 Å². The van der Waals surface area contributed by atoms with Gasteiger partial charge in [0.05, 0.1) is 13.0 Å². The number of hydrogen-bond acceptors (Lipinski definition) is 3. The van der Waals surface area contributed by atoms with Crippen LogP contribution in [0.4, 0.5) is 0 Å². The number of hydrogen-bond donors (Lipinski definition) is 1. The summed E-state index contributed by atoms with van der Waals surface area (Å²) in [6.45, 7) is 2.12. The van der Waals surface area contributed by atoms with Gasteiger partial charge >= 0.3 is 5.97 Å². The van der Waals surface area contributed by atoms with E-state index in [0.29, 0.717) is 34.3 Å². The predicted molar refractivity (Wildman–Crippen MR) is 117 cm³/mol. The highest BCUT2D eigenvalue weighted by Gasteiger charge is 2.60. The summed E-state index contributed by atoms with van der Waals surface area (Å²) >= 11 is 5.93. The van der Waals surface area contributed by atoms with E-state index in [-0.39, 0.29) is 23.8 Å². The fourth-order valence-corrected chi connectivity index (χ4v) is 5.64. The molecule has 4 nitrogen and oxygen atoms in total. The van der Waals surface area contributed by atoms with E-state index in [4.69, 9.17) is 16.3 Å². The summed E-state index contributed by atoms with van der Waals surface area (Å²) in [6, 6.07) is 17.1. The van der Waals surface area contributed by atoms with Crippen molar-refractivity contribution in [3.63, 3.8) is 0 Å². The third-order valence-corrected chi connectivity index (χ3v) is 7.21. The van der Waals surface area contributed by atoms with Gasteiger partial charge in [-0.2, -0.15) is 0 Å². The van der Waals surface area contributed by atoms with Gasteiger partial charge in [-0.05, 0) is 72.8 Å². The lowest BCUT2D eigenvalue weighted by molar-refractivity contribution is -0.144. The molecule has 0 radical (unpaired) electrons. The maximum Gasteiger partial charge on any atom is 0.313 e. The van der Waals surface area contributed by atoms with E-state index in [0.717, 1.165) is 24.8 Å². The molecule has 6 atom stereocenters. The van der Waals surface area contributed by atoms with Crippen molar-refractivity contribution in [2.24, 2.45) is 23.7 Å². The second-order valence-corrected chi connectivity index (χ2v) is 8.98. The van der Waals surface area contributed by atoms with E-state index in [1.807, 2.05) is 30.3 Å². The fourth-order valence-electron chi connectivity index (χ4n) is 5.51. The van der Waals surface area contributed by atoms with Gasteiger partial charge < -0.3 is 10.1 Å². The molecule has 2 aliphatic carbocycles. The van der Waals surface area contributed by atoms with E-state index in [9.17, 15) is 9.59 Å². The zero-order valence-corrected chi connectivity index (χ0v) is 18.1. The summed E-state index contributed by atoms with van der Waals surface area (Å²) in [5.74, 6) is 1.55. The fraction of sp³-hybridized carbons (Fsp3) is 0.440. The molecule has 2 saturated carbocycles. The van der Waals surface area contributed by atoms with Gasteiger partial charge in [-0.1, -0.05) is 48.9 Å². The number of benzene rings is 2. The topological polar surface area (TPSA) is 55.4 Å². The first kappa shape index (κ1) is 20.9. The van der Waals surface area contributed by atoms with Crippen molar-refractivity contribution in [3.8, 4) is 0 Å². The van der Waals surface area contributed by atoms with E-state index in [1.54, 1.807) is 24.3 Å². The highest BCUT2D eigenvalue weighted by atomic mass is 35.5. The molecular formula is C25H28ClNO3. The van der Waals surface area contributed by atoms with Crippen molar-refractivity contribution < 1.29 is 14.3 Å². The molecule has 30 heavy (non-hydrogen) atoms. The molecule has 4 rings (SSSR count). The lowest BCUT2D eigenvalue weighted by Gasteiger charge is -2.26. The Balaban J connectivity index is 1.40. The lowest BCUT2D eigenvalue weighted by atomic mass is 9.81. The normalized spacial score (nSPS) is 26.4. The summed E-state index contributed by atoms with van der Waals surface area (Å²) in [5, 5.41) is 3.85. The number of fused-ring (bicyclic) bond motifs is 1. The molecule has 0 bridgehead atoms. The molecule has 158 valence electrons. The summed E-state index contributed by atoms with van der Waals surface area (Å²) < 4.78 is 5.13. The van der Waals surface area contributed by atoms with Crippen molar-refractivity contribution in [3.05, 3.63) is 70.7 Å². The molecule has 0 heterocycles. The van der Waals surface area contributed by atoms with Gasteiger partial charge in [0, 0.05) is 16.6 Å². The number of halogens is 1. The summed E-state index contributed by atoms with van der Waals surface area (Å²) in [7, 11) is 1.47. The van der Waals surface area contributed by atoms with Crippen LogP contribution in [0.3, 0.4) is 0 Å². The average Bonchev–Trinajstić information content (AvgIpc) is 3.25. The maximum atomic E-state index is 12.6. The Bertz CT molecular complexity index is 886. The lowest BCUT2D eigenvalue weighted by Crippen LogP contribution is -2.37. The Morgan fingerprint density at radius 2 is 1.70 bits per heavy atom. The SMILES string of the molecule is CC[C@@H](NC(=O)c1ccc(Cl)cc1)[C@H]1[C@@H]2C[C@@H]([C@@H](C(=O)OC)c3ccccc3)C[C@@H]21. The number of esters is 1. The van der Waals surface area contributed by atoms with Crippen molar-refractivity contribution in [2.45, 2.75) is 38.1 Å². The smallest absolute Gasteiger partial charge is 0.313 e. The monoisotopic (exact) mass is 425 g/mol. The van der Waals surface area contributed by atoms with Crippen LogP contribution in [0.2, 0.25) is 5.02 Å². The van der Waals surface area contributed by atoms with Crippen LogP contribution in [0.15, 0.2) is 54.6 Å². The molecular weight excluding hydrogens is 398 g/mol. The third kappa shape index (κ3) is 4.11. The number of methoxy groups -OCH3 is 1. The number of rotatable bonds is 7. The Labute approximate surface area is 183 Å². The second kappa shape index (κ2) is 8.81. The van der Waals surface area contributed by atoms with Crippen LogP contribution < -0.4 is 5.32 Å². The van der Waals surface area contributed by atoms with Crippen molar-refractivity contribution in [1.82, 2.24) is 5.32 Å². The van der Waals surface area contributed by atoms with E-state index in [1.165, 1.54) is 7.11 Å². The minimum absolute atomic E-state index is 0.0447. The van der Waals surface area contributed by atoms with E-state index in [2.05, 4.69) is 12.2 Å².